The van der Waals surface area contributed by atoms with Crippen LogP contribution >= 0.6 is 23.2 Å². The van der Waals surface area contributed by atoms with Gasteiger partial charge in [0.25, 0.3) is 5.91 Å². The van der Waals surface area contributed by atoms with E-state index in [9.17, 15) is 9.59 Å². The smallest absolute Gasteiger partial charge is 0.344 e. The van der Waals surface area contributed by atoms with Gasteiger partial charge >= 0.3 is 5.97 Å². The Bertz CT molecular complexity index is 708. The van der Waals surface area contributed by atoms with E-state index in [4.69, 9.17) is 32.5 Å². The van der Waals surface area contributed by atoms with Crippen molar-refractivity contribution in [1.82, 2.24) is 5.16 Å². The van der Waals surface area contributed by atoms with E-state index in [0.717, 1.165) is 0 Å². The van der Waals surface area contributed by atoms with Gasteiger partial charge in [-0.05, 0) is 26.0 Å². The van der Waals surface area contributed by atoms with Gasteiger partial charge in [0, 0.05) is 0 Å². The molecule has 0 spiro atoms. The average Bonchev–Trinajstić information content (AvgIpc) is 2.81. The number of aryl methyl sites for hydroxylation is 2. The van der Waals surface area contributed by atoms with Crippen molar-refractivity contribution in [3.8, 4) is 0 Å². The molecule has 6 nitrogen and oxygen atoms in total. The zero-order chi connectivity index (χ0) is 16.3. The standard InChI is InChI=1S/C14H12Cl2N2O4/c1-7-12(8(2)22-18-7)14(20)21-6-11(19)17-10-5-3-4-9(15)13(10)16/h3-5H,6H2,1-2H3,(H,17,19). The van der Waals surface area contributed by atoms with Crippen LogP contribution in [0.2, 0.25) is 10.0 Å². The lowest BCUT2D eigenvalue weighted by molar-refractivity contribution is -0.119. The number of carbonyl (C=O) groups is 2. The Morgan fingerprint density at radius 2 is 2.05 bits per heavy atom. The summed E-state index contributed by atoms with van der Waals surface area (Å²) in [6.07, 6.45) is 0. The van der Waals surface area contributed by atoms with Crippen LogP contribution in [-0.4, -0.2) is 23.6 Å². The fraction of sp³-hybridized carbons (Fsp3) is 0.214. The first kappa shape index (κ1) is 16.3. The van der Waals surface area contributed by atoms with Gasteiger partial charge in [-0.25, -0.2) is 4.79 Å². The molecule has 116 valence electrons. The molecule has 2 aromatic rings. The van der Waals surface area contributed by atoms with E-state index in [2.05, 4.69) is 10.5 Å². The predicted octanol–water partition coefficient (Wildman–Crippen LogP) is 3.39. The zero-order valence-corrected chi connectivity index (χ0v) is 13.3. The molecular weight excluding hydrogens is 331 g/mol. The molecule has 2 rings (SSSR count). The second kappa shape index (κ2) is 6.81. The van der Waals surface area contributed by atoms with Crippen LogP contribution in [0.5, 0.6) is 0 Å². The molecule has 0 aliphatic heterocycles. The van der Waals surface area contributed by atoms with Gasteiger partial charge in [0.2, 0.25) is 0 Å². The number of carbonyl (C=O) groups excluding carboxylic acids is 2. The monoisotopic (exact) mass is 342 g/mol. The summed E-state index contributed by atoms with van der Waals surface area (Å²) in [7, 11) is 0. The average molecular weight is 343 g/mol. The molecule has 8 heteroatoms. The van der Waals surface area contributed by atoms with Crippen molar-refractivity contribution in [1.29, 1.82) is 0 Å². The molecule has 1 amide bonds. The van der Waals surface area contributed by atoms with Crippen LogP contribution in [-0.2, 0) is 9.53 Å². The van der Waals surface area contributed by atoms with Crippen LogP contribution < -0.4 is 5.32 Å². The van der Waals surface area contributed by atoms with Crippen molar-refractivity contribution in [2.45, 2.75) is 13.8 Å². The topological polar surface area (TPSA) is 81.4 Å². The van der Waals surface area contributed by atoms with Crippen LogP contribution in [0, 0.1) is 13.8 Å². The second-order valence-corrected chi connectivity index (χ2v) is 5.21. The van der Waals surface area contributed by atoms with Gasteiger partial charge in [0.15, 0.2) is 6.61 Å². The number of nitrogens with zero attached hydrogens (tertiary/aromatic N) is 1. The summed E-state index contributed by atoms with van der Waals surface area (Å²) in [5.74, 6) is -0.881. The van der Waals surface area contributed by atoms with Crippen molar-refractivity contribution in [2.75, 3.05) is 11.9 Å². The van der Waals surface area contributed by atoms with Crippen molar-refractivity contribution in [2.24, 2.45) is 0 Å². The van der Waals surface area contributed by atoms with Gasteiger partial charge in [-0.1, -0.05) is 34.4 Å². The number of esters is 1. The van der Waals surface area contributed by atoms with Crippen molar-refractivity contribution < 1.29 is 18.8 Å². The number of hydrogen-bond donors (Lipinski definition) is 1. The largest absolute Gasteiger partial charge is 0.452 e. The molecular formula is C14H12Cl2N2O4. The number of nitrogens with one attached hydrogen (secondary N) is 1. The minimum Gasteiger partial charge on any atom is -0.452 e. The SMILES string of the molecule is Cc1noc(C)c1C(=O)OCC(=O)Nc1cccc(Cl)c1Cl. The fourth-order valence-electron chi connectivity index (χ4n) is 1.76. The zero-order valence-electron chi connectivity index (χ0n) is 11.8. The van der Waals surface area contributed by atoms with Crippen LogP contribution in [0.25, 0.3) is 0 Å². The van der Waals surface area contributed by atoms with Gasteiger partial charge in [-0.15, -0.1) is 0 Å². The highest BCUT2D eigenvalue weighted by Gasteiger charge is 2.20. The molecule has 0 unspecified atom stereocenters. The second-order valence-electron chi connectivity index (χ2n) is 4.42. The minimum atomic E-state index is -0.677. The summed E-state index contributed by atoms with van der Waals surface area (Å²) in [6.45, 7) is 2.73. The number of aromatic nitrogens is 1. The van der Waals surface area contributed by atoms with E-state index in [1.165, 1.54) is 0 Å². The Labute approximate surface area is 136 Å². The minimum absolute atomic E-state index is 0.216. The van der Waals surface area contributed by atoms with Crippen LogP contribution in [0.15, 0.2) is 22.7 Å². The lowest BCUT2D eigenvalue weighted by atomic mass is 10.2. The van der Waals surface area contributed by atoms with E-state index in [1.54, 1.807) is 32.0 Å². The molecule has 1 aromatic heterocycles. The first-order valence-corrected chi connectivity index (χ1v) is 6.99. The number of rotatable bonds is 4. The highest BCUT2D eigenvalue weighted by molar-refractivity contribution is 6.44. The van der Waals surface area contributed by atoms with Crippen LogP contribution in [0.1, 0.15) is 21.8 Å². The molecule has 1 heterocycles. The summed E-state index contributed by atoms with van der Waals surface area (Å²) >= 11 is 11.8. The number of benzene rings is 1. The quantitative estimate of drug-likeness (QED) is 0.861. The molecule has 1 N–H and O–H groups in total. The highest BCUT2D eigenvalue weighted by atomic mass is 35.5. The Morgan fingerprint density at radius 1 is 1.32 bits per heavy atom. The molecule has 0 bridgehead atoms. The number of anilines is 1. The molecule has 0 aliphatic rings. The number of ether oxygens (including phenoxy) is 1. The number of hydrogen-bond acceptors (Lipinski definition) is 5. The first-order chi connectivity index (χ1) is 10.4. The maximum Gasteiger partial charge on any atom is 0.344 e. The normalized spacial score (nSPS) is 10.4. The third-order valence-corrected chi connectivity index (χ3v) is 3.62. The van der Waals surface area contributed by atoms with E-state index in [-0.39, 0.29) is 10.6 Å². The summed E-state index contributed by atoms with van der Waals surface area (Å²) in [6, 6.07) is 4.82. The van der Waals surface area contributed by atoms with Crippen LogP contribution in [0.4, 0.5) is 5.69 Å². The van der Waals surface area contributed by atoms with Gasteiger partial charge in [-0.3, -0.25) is 4.79 Å². The Morgan fingerprint density at radius 3 is 2.68 bits per heavy atom. The van der Waals surface area contributed by atoms with Crippen molar-refractivity contribution >= 4 is 40.8 Å². The maximum atomic E-state index is 11.9. The van der Waals surface area contributed by atoms with Gasteiger partial charge < -0.3 is 14.6 Å². The maximum absolute atomic E-state index is 11.9. The van der Waals surface area contributed by atoms with E-state index >= 15 is 0 Å². The number of halogens is 2. The Balaban J connectivity index is 1.96. The first-order valence-electron chi connectivity index (χ1n) is 6.24. The Kier molecular flexibility index (Phi) is 5.05. The van der Waals surface area contributed by atoms with E-state index < -0.39 is 18.5 Å². The van der Waals surface area contributed by atoms with Crippen molar-refractivity contribution in [3.05, 3.63) is 45.3 Å². The fourth-order valence-corrected chi connectivity index (χ4v) is 2.11. The highest BCUT2D eigenvalue weighted by Crippen LogP contribution is 2.29. The van der Waals surface area contributed by atoms with Crippen molar-refractivity contribution in [3.63, 3.8) is 0 Å². The number of amides is 1. The summed E-state index contributed by atoms with van der Waals surface area (Å²) in [4.78, 5) is 23.7. The van der Waals surface area contributed by atoms with E-state index in [1.807, 2.05) is 0 Å². The summed E-state index contributed by atoms with van der Waals surface area (Å²) < 4.78 is 9.79. The summed E-state index contributed by atoms with van der Waals surface area (Å²) in [5, 5.41) is 6.68. The van der Waals surface area contributed by atoms with Gasteiger partial charge in [-0.2, -0.15) is 0 Å². The third-order valence-electron chi connectivity index (χ3n) is 2.80. The molecule has 22 heavy (non-hydrogen) atoms. The summed E-state index contributed by atoms with van der Waals surface area (Å²) in [5.41, 5.74) is 0.960. The molecule has 0 radical (unpaired) electrons. The lowest BCUT2D eigenvalue weighted by Gasteiger charge is -2.08. The molecule has 0 aliphatic carbocycles. The van der Waals surface area contributed by atoms with E-state index in [0.29, 0.717) is 22.2 Å². The lowest BCUT2D eigenvalue weighted by Crippen LogP contribution is -2.21. The molecule has 1 aromatic carbocycles. The molecule has 0 saturated carbocycles. The van der Waals surface area contributed by atoms with Crippen LogP contribution in [0.3, 0.4) is 0 Å². The van der Waals surface area contributed by atoms with Gasteiger partial charge in [0.1, 0.15) is 11.3 Å². The van der Waals surface area contributed by atoms with Gasteiger partial charge in [0.05, 0.1) is 21.4 Å². The molecule has 0 saturated heterocycles. The molecule has 0 fully saturated rings. The predicted molar refractivity (Wildman–Crippen MR) is 81.4 cm³/mol. The third kappa shape index (κ3) is 3.58. The molecule has 0 atom stereocenters. The Hall–Kier alpha value is -2.05.